The summed E-state index contributed by atoms with van der Waals surface area (Å²) in [5, 5.41) is 20.6. The van der Waals surface area contributed by atoms with E-state index in [-0.39, 0.29) is 51.1 Å². The summed E-state index contributed by atoms with van der Waals surface area (Å²) >= 11 is 7.54. The molecule has 7 heterocycles. The molecule has 0 saturated heterocycles. The minimum Gasteiger partial charge on any atom is -0.496 e. The van der Waals surface area contributed by atoms with Crippen LogP contribution >= 0.6 is 22.9 Å². The Morgan fingerprint density at radius 1 is 0.848 bits per heavy atom. The number of rotatable bonds is 25. The molecular weight excluding hydrogens is 1060 g/mol. The third-order valence-corrected chi connectivity index (χ3v) is 14.9. The lowest BCUT2D eigenvalue weighted by Crippen LogP contribution is -2.35. The summed E-state index contributed by atoms with van der Waals surface area (Å²) in [4.78, 5) is 68.7. The van der Waals surface area contributed by atoms with Gasteiger partial charge in [0.25, 0.3) is 5.91 Å². The summed E-state index contributed by atoms with van der Waals surface area (Å²) < 4.78 is 43.9. The zero-order valence-corrected chi connectivity index (χ0v) is 46.4. The first-order valence-corrected chi connectivity index (χ1v) is 26.8. The average Bonchev–Trinajstić information content (AvgIpc) is 4.22. The van der Waals surface area contributed by atoms with Gasteiger partial charge in [-0.25, -0.2) is 4.79 Å². The number of imidazole rings is 1. The van der Waals surface area contributed by atoms with Gasteiger partial charge in [-0.1, -0.05) is 35.0 Å². The molecule has 79 heavy (non-hydrogen) atoms. The quantitative estimate of drug-likeness (QED) is 0.0451. The molecule has 8 aromatic rings. The molecule has 2 N–H and O–H groups in total. The number of pyridine rings is 2. The molecule has 1 aliphatic heterocycles. The van der Waals surface area contributed by atoms with Gasteiger partial charge in [-0.15, -0.1) is 21.5 Å². The summed E-state index contributed by atoms with van der Waals surface area (Å²) in [5.41, 5.74) is 7.06. The molecule has 1 aliphatic rings. The molecular formula is C55H60ClN11O11S. The highest BCUT2D eigenvalue weighted by atomic mass is 35.5. The number of fused-ring (bicyclic) bond motifs is 6. The van der Waals surface area contributed by atoms with Gasteiger partial charge in [-0.3, -0.25) is 43.0 Å². The van der Waals surface area contributed by atoms with Crippen molar-refractivity contribution in [2.24, 2.45) is 4.99 Å². The summed E-state index contributed by atoms with van der Waals surface area (Å²) in [6, 6.07) is 15.4. The number of carbonyl (C=O) groups excluding carboxylic acids is 3. The van der Waals surface area contributed by atoms with Crippen molar-refractivity contribution < 1.29 is 47.3 Å². The highest BCUT2D eigenvalue weighted by Crippen LogP contribution is 2.42. The van der Waals surface area contributed by atoms with E-state index < -0.39 is 23.7 Å². The molecule has 0 spiro atoms. The van der Waals surface area contributed by atoms with E-state index in [2.05, 4.69) is 31.0 Å². The van der Waals surface area contributed by atoms with Crippen molar-refractivity contribution in [3.8, 4) is 21.9 Å². The molecule has 2 amide bonds. The number of esters is 1. The number of aromatic nitrogens is 8. The van der Waals surface area contributed by atoms with Gasteiger partial charge in [0.05, 0.1) is 130 Å². The van der Waals surface area contributed by atoms with Crippen molar-refractivity contribution in [3.63, 3.8) is 0 Å². The largest absolute Gasteiger partial charge is 0.496 e. The molecule has 2 aromatic carbocycles. The van der Waals surface area contributed by atoms with E-state index in [1.165, 1.54) is 23.0 Å². The maximum Gasteiger partial charge on any atom is 0.330 e. The Morgan fingerprint density at radius 3 is 2.19 bits per heavy atom. The van der Waals surface area contributed by atoms with Crippen LogP contribution in [-0.2, 0) is 39.8 Å². The second-order valence-electron chi connectivity index (χ2n) is 18.4. The second-order valence-corrected chi connectivity index (χ2v) is 19.9. The minimum absolute atomic E-state index is 0.0451. The molecule has 2 atom stereocenters. The van der Waals surface area contributed by atoms with Crippen LogP contribution < -0.4 is 21.1 Å². The van der Waals surface area contributed by atoms with Crippen molar-refractivity contribution in [1.82, 2.24) is 49.7 Å². The van der Waals surface area contributed by atoms with E-state index in [0.29, 0.717) is 112 Å². The molecule has 0 aliphatic carbocycles. The Bertz CT molecular complexity index is 3570. The number of benzene rings is 2. The Kier molecular flexibility index (Phi) is 18.0. The minimum atomic E-state index is -0.680. The van der Waals surface area contributed by atoms with Crippen LogP contribution in [0.2, 0.25) is 5.02 Å². The van der Waals surface area contributed by atoms with Gasteiger partial charge in [0.2, 0.25) is 5.91 Å². The van der Waals surface area contributed by atoms with Crippen molar-refractivity contribution in [3.05, 3.63) is 133 Å². The highest BCUT2D eigenvalue weighted by molar-refractivity contribution is 7.17. The van der Waals surface area contributed by atoms with Gasteiger partial charge in [-0.2, -0.15) is 0 Å². The number of aryl methyl sites for hydroxylation is 3. The maximum absolute atomic E-state index is 14.4. The maximum atomic E-state index is 14.4. The second kappa shape index (κ2) is 25.4. The number of nitrogens with one attached hydrogen (secondary N) is 2. The predicted molar refractivity (Wildman–Crippen MR) is 295 cm³/mol. The molecule has 0 bridgehead atoms. The van der Waals surface area contributed by atoms with Crippen LogP contribution in [0.5, 0.6) is 5.75 Å². The van der Waals surface area contributed by atoms with Gasteiger partial charge in [0.1, 0.15) is 34.9 Å². The SMILES string of the molecule is COC(=O)CC1N=C(c2ccc(Cl)cc2)c2c(sc(C(=O)NCCOCCOCCOCCOCCNC(=O)Cn3c(=O)n(C(C)c4ccccn4)c4c5cc(OC)c(-c6c(C)noc6C)cc5ncc43)c2C)-n2c(C)nnc21. The van der Waals surface area contributed by atoms with Crippen LogP contribution in [-0.4, -0.2) is 143 Å². The van der Waals surface area contributed by atoms with Gasteiger partial charge in [0, 0.05) is 46.4 Å². The number of hydrogen-bond donors (Lipinski definition) is 2. The van der Waals surface area contributed by atoms with Crippen LogP contribution in [0.25, 0.3) is 38.1 Å². The van der Waals surface area contributed by atoms with Crippen molar-refractivity contribution >= 4 is 68.4 Å². The first-order valence-electron chi connectivity index (χ1n) is 25.6. The third-order valence-electron chi connectivity index (χ3n) is 13.3. The fourth-order valence-corrected chi connectivity index (χ4v) is 10.9. The van der Waals surface area contributed by atoms with Crippen LogP contribution in [0, 0.1) is 27.7 Å². The average molecular weight is 1120 g/mol. The molecule has 414 valence electrons. The number of hydrogen-bond acceptors (Lipinski definition) is 18. The number of amides is 2. The zero-order valence-electron chi connectivity index (χ0n) is 44.8. The number of carbonyl (C=O) groups is 3. The molecule has 9 rings (SSSR count). The Morgan fingerprint density at radius 2 is 1.54 bits per heavy atom. The number of methoxy groups -OCH3 is 2. The Hall–Kier alpha value is -7.67. The first-order chi connectivity index (χ1) is 38.3. The van der Waals surface area contributed by atoms with Crippen LogP contribution in [0.15, 0.2) is 81.3 Å². The van der Waals surface area contributed by atoms with Crippen molar-refractivity contribution in [2.45, 2.75) is 59.7 Å². The van der Waals surface area contributed by atoms with E-state index in [9.17, 15) is 19.2 Å². The summed E-state index contributed by atoms with van der Waals surface area (Å²) in [6.07, 6.45) is 3.25. The van der Waals surface area contributed by atoms with Crippen molar-refractivity contribution in [1.29, 1.82) is 0 Å². The monoisotopic (exact) mass is 1120 g/mol. The van der Waals surface area contributed by atoms with E-state index >= 15 is 0 Å². The zero-order chi connectivity index (χ0) is 55.7. The van der Waals surface area contributed by atoms with Crippen LogP contribution in [0.4, 0.5) is 0 Å². The number of aliphatic imine (C=N–C) groups is 1. The predicted octanol–water partition coefficient (Wildman–Crippen LogP) is 6.62. The summed E-state index contributed by atoms with van der Waals surface area (Å²) in [5.74, 6) is 1.16. The third kappa shape index (κ3) is 12.2. The standard InChI is InChI=1S/C55H60ClN11O11S/c1-31-47-49(36-11-13-37(56)14-12-36)61-42(28-46(69)73-7)52-63-62-35(5)67(52)54(47)79-51(31)53(70)59-17-19-75-21-23-77-25-24-76-22-20-74-18-16-58-45(68)30-65-43-29-60-41-26-39(48-32(2)64-78-34(48)4)44(72-6)27-38(41)50(43)66(55(65)71)33(3)40-10-8-9-15-57-40/h8-15,26-27,29,33,42H,16-25,28,30H2,1-7H3,(H,58,68)(H,59,70). The fourth-order valence-electron chi connectivity index (χ4n) is 9.49. The van der Waals surface area contributed by atoms with Crippen molar-refractivity contribution in [2.75, 3.05) is 80.2 Å². The van der Waals surface area contributed by atoms with Gasteiger partial charge in [0.15, 0.2) is 5.82 Å². The Labute approximate surface area is 463 Å². The van der Waals surface area contributed by atoms with Gasteiger partial charge < -0.3 is 43.6 Å². The molecule has 0 radical (unpaired) electrons. The van der Waals surface area contributed by atoms with Gasteiger partial charge in [-0.05, 0) is 76.6 Å². The highest BCUT2D eigenvalue weighted by Gasteiger charge is 2.34. The topological polar surface area (TPSA) is 252 Å². The fraction of sp³-hybridized carbons (Fsp3) is 0.382. The lowest BCUT2D eigenvalue weighted by Gasteiger charge is -2.15. The molecule has 2 unspecified atom stereocenters. The smallest absolute Gasteiger partial charge is 0.330 e. The number of nitrogens with zero attached hydrogens (tertiary/aromatic N) is 9. The lowest BCUT2D eigenvalue weighted by molar-refractivity contribution is -0.141. The van der Waals surface area contributed by atoms with E-state index in [4.69, 9.17) is 54.5 Å². The number of halogens is 1. The summed E-state index contributed by atoms with van der Waals surface area (Å²) in [6.45, 7) is 12.0. The molecule has 6 aromatic heterocycles. The van der Waals surface area contributed by atoms with Crippen LogP contribution in [0.1, 0.15) is 80.6 Å². The normalized spacial score (nSPS) is 13.5. The molecule has 0 fully saturated rings. The van der Waals surface area contributed by atoms with E-state index in [0.717, 1.165) is 32.8 Å². The number of thiophene rings is 1. The van der Waals surface area contributed by atoms with Gasteiger partial charge >= 0.3 is 11.7 Å². The van der Waals surface area contributed by atoms with Crippen LogP contribution in [0.3, 0.4) is 0 Å². The summed E-state index contributed by atoms with van der Waals surface area (Å²) in [7, 11) is 2.91. The van der Waals surface area contributed by atoms with E-state index in [1.54, 1.807) is 36.2 Å². The molecule has 0 saturated carbocycles. The lowest BCUT2D eigenvalue weighted by atomic mass is 9.99. The molecule has 24 heteroatoms. The number of ether oxygens (including phenoxy) is 6. The van der Waals surface area contributed by atoms with E-state index in [1.807, 2.05) is 81.7 Å². The Balaban J connectivity index is 0.694. The molecule has 22 nitrogen and oxygen atoms in total. The first kappa shape index (κ1) is 56.1.